The average Bonchev–Trinajstić information content (AvgIpc) is 2.23. The van der Waals surface area contributed by atoms with Crippen LogP contribution in [0.5, 0.6) is 0 Å². The second kappa shape index (κ2) is 5.57. The molecule has 0 aliphatic heterocycles. The van der Waals surface area contributed by atoms with Crippen molar-refractivity contribution in [2.45, 2.75) is 18.8 Å². The van der Waals surface area contributed by atoms with Gasteiger partial charge in [-0.25, -0.2) is 13.2 Å². The van der Waals surface area contributed by atoms with Crippen LogP contribution in [-0.2, 0) is 6.54 Å². The predicted molar refractivity (Wildman–Crippen MR) is 50.1 cm³/mol. The van der Waals surface area contributed by atoms with E-state index in [1.165, 1.54) is 0 Å². The van der Waals surface area contributed by atoms with E-state index in [-0.39, 0.29) is 5.56 Å². The van der Waals surface area contributed by atoms with Crippen molar-refractivity contribution in [1.29, 1.82) is 0 Å². The van der Waals surface area contributed by atoms with Crippen LogP contribution in [-0.4, -0.2) is 23.9 Å². The van der Waals surface area contributed by atoms with Crippen molar-refractivity contribution in [3.8, 4) is 0 Å². The summed E-state index contributed by atoms with van der Waals surface area (Å²) < 4.78 is 74.0. The Balaban J connectivity index is 2.57. The third-order valence-corrected chi connectivity index (χ3v) is 2.12. The minimum absolute atomic E-state index is 0.298. The second-order valence-corrected chi connectivity index (χ2v) is 3.55. The summed E-state index contributed by atoms with van der Waals surface area (Å²) in [6, 6.07) is 0.837. The van der Waals surface area contributed by atoms with Crippen molar-refractivity contribution in [1.82, 2.24) is 5.32 Å². The molecule has 0 spiro atoms. The lowest BCUT2D eigenvalue weighted by Gasteiger charge is -2.15. The number of nitrogens with one attached hydrogen (secondary N) is 1. The van der Waals surface area contributed by atoms with Crippen molar-refractivity contribution >= 4 is 0 Å². The van der Waals surface area contributed by atoms with Gasteiger partial charge in [0.1, 0.15) is 5.82 Å². The number of hydrogen-bond acceptors (Lipinski definition) is 2. The van der Waals surface area contributed by atoms with Crippen LogP contribution in [0.1, 0.15) is 5.56 Å². The largest absolute Gasteiger partial charge is 0.415 e. The van der Waals surface area contributed by atoms with Gasteiger partial charge in [-0.15, -0.1) is 0 Å². The summed E-state index contributed by atoms with van der Waals surface area (Å²) in [4.78, 5) is 0. The Morgan fingerprint density at radius 2 is 1.61 bits per heavy atom. The zero-order chi connectivity index (χ0) is 13.9. The highest BCUT2D eigenvalue weighted by Crippen LogP contribution is 2.19. The molecule has 0 heterocycles. The zero-order valence-electron chi connectivity index (χ0n) is 8.86. The van der Waals surface area contributed by atoms with E-state index in [1.54, 1.807) is 0 Å². The van der Waals surface area contributed by atoms with Gasteiger partial charge in [0.05, 0.1) is 0 Å². The fourth-order valence-electron chi connectivity index (χ4n) is 1.16. The van der Waals surface area contributed by atoms with E-state index in [1.807, 2.05) is 0 Å². The molecule has 1 aromatic carbocycles. The lowest BCUT2D eigenvalue weighted by molar-refractivity contribution is -0.201. The van der Waals surface area contributed by atoms with Gasteiger partial charge in [0, 0.05) is 24.7 Å². The van der Waals surface area contributed by atoms with Crippen LogP contribution in [0.2, 0.25) is 0 Å². The van der Waals surface area contributed by atoms with Gasteiger partial charge in [-0.3, -0.25) is 0 Å². The first-order valence-electron chi connectivity index (χ1n) is 4.80. The molecule has 0 bridgehead atoms. The maximum absolute atomic E-state index is 13.1. The number of aliphatic hydroxyl groups excluding tert-OH is 1. The van der Waals surface area contributed by atoms with Crippen molar-refractivity contribution in [2.75, 3.05) is 6.54 Å². The number of benzene rings is 1. The maximum atomic E-state index is 13.1. The van der Waals surface area contributed by atoms with Gasteiger partial charge in [-0.2, -0.15) is 13.2 Å². The Bertz CT molecular complexity index is 420. The molecule has 0 radical (unpaired) electrons. The highest BCUT2D eigenvalue weighted by Gasteiger charge is 2.37. The van der Waals surface area contributed by atoms with E-state index in [0.29, 0.717) is 12.1 Å². The molecule has 0 fully saturated rings. The Kier molecular flexibility index (Phi) is 4.58. The molecule has 0 saturated heterocycles. The molecule has 1 aromatic rings. The lowest BCUT2D eigenvalue weighted by atomic mass is 10.2. The summed E-state index contributed by atoms with van der Waals surface area (Å²) in [7, 11) is 0. The number of alkyl halides is 3. The second-order valence-electron chi connectivity index (χ2n) is 3.55. The molecule has 0 aliphatic rings. The Hall–Kier alpha value is -1.28. The minimum atomic E-state index is -4.79. The van der Waals surface area contributed by atoms with Crippen LogP contribution >= 0.6 is 0 Å². The van der Waals surface area contributed by atoms with Crippen LogP contribution in [0.15, 0.2) is 12.1 Å². The molecule has 1 atom stereocenters. The molecule has 102 valence electrons. The molecule has 8 heteroatoms. The van der Waals surface area contributed by atoms with E-state index in [9.17, 15) is 26.3 Å². The molecule has 0 aromatic heterocycles. The van der Waals surface area contributed by atoms with Gasteiger partial charge < -0.3 is 10.4 Å². The topological polar surface area (TPSA) is 32.3 Å². The quantitative estimate of drug-likeness (QED) is 0.650. The highest BCUT2D eigenvalue weighted by atomic mass is 19.4. The first-order valence-corrected chi connectivity index (χ1v) is 4.80. The molecule has 1 rings (SSSR count). The summed E-state index contributed by atoms with van der Waals surface area (Å²) in [6.45, 7) is -1.34. The normalized spacial score (nSPS) is 13.7. The third-order valence-electron chi connectivity index (χ3n) is 2.12. The molecule has 2 N–H and O–H groups in total. The molecular weight excluding hydrogens is 264 g/mol. The van der Waals surface area contributed by atoms with E-state index in [4.69, 9.17) is 5.11 Å². The van der Waals surface area contributed by atoms with E-state index in [2.05, 4.69) is 5.32 Å². The van der Waals surface area contributed by atoms with Gasteiger partial charge in [0.15, 0.2) is 17.7 Å². The lowest BCUT2D eigenvalue weighted by Crippen LogP contribution is -2.38. The average molecular weight is 273 g/mol. The molecule has 0 aliphatic carbocycles. The molecule has 18 heavy (non-hydrogen) atoms. The van der Waals surface area contributed by atoms with Gasteiger partial charge in [0.2, 0.25) is 0 Å². The van der Waals surface area contributed by atoms with Crippen LogP contribution in [0.3, 0.4) is 0 Å². The number of hydrogen-bond donors (Lipinski definition) is 2. The summed E-state index contributed by atoms with van der Waals surface area (Å²) in [6.07, 6.45) is -7.40. The van der Waals surface area contributed by atoms with E-state index < -0.39 is 42.8 Å². The number of halogens is 6. The Morgan fingerprint density at radius 3 is 2.17 bits per heavy atom. The van der Waals surface area contributed by atoms with Crippen LogP contribution in [0, 0.1) is 17.5 Å². The molecular formula is C10H9F6NO. The van der Waals surface area contributed by atoms with Gasteiger partial charge in [0.25, 0.3) is 0 Å². The van der Waals surface area contributed by atoms with Crippen LogP contribution in [0.4, 0.5) is 26.3 Å². The van der Waals surface area contributed by atoms with E-state index >= 15 is 0 Å². The Labute approximate surface area is 98.2 Å². The monoisotopic (exact) mass is 273 g/mol. The fourth-order valence-corrected chi connectivity index (χ4v) is 1.16. The van der Waals surface area contributed by atoms with Crippen molar-refractivity contribution in [3.63, 3.8) is 0 Å². The number of rotatable bonds is 4. The summed E-state index contributed by atoms with van der Waals surface area (Å²) in [5.41, 5.74) is -0.330. The molecule has 0 saturated carbocycles. The fraction of sp³-hybridized carbons (Fsp3) is 0.400. The SMILES string of the molecule is OC(CNCc1cc(F)c(F)cc1F)C(F)(F)F. The van der Waals surface area contributed by atoms with Gasteiger partial charge in [-0.05, 0) is 6.07 Å². The van der Waals surface area contributed by atoms with Gasteiger partial charge >= 0.3 is 6.18 Å². The standard InChI is InChI=1S/C10H9F6NO/c11-6-2-8(13)7(12)1-5(6)3-17-4-9(18)10(14,15)16/h1-2,9,17-18H,3-4H2. The van der Waals surface area contributed by atoms with Crippen molar-refractivity contribution < 1.29 is 31.4 Å². The smallest absolute Gasteiger partial charge is 0.382 e. The maximum Gasteiger partial charge on any atom is 0.415 e. The summed E-state index contributed by atoms with van der Waals surface area (Å²) in [5, 5.41) is 10.7. The zero-order valence-corrected chi connectivity index (χ0v) is 8.86. The third kappa shape index (κ3) is 3.88. The van der Waals surface area contributed by atoms with Crippen molar-refractivity contribution in [2.24, 2.45) is 0 Å². The predicted octanol–water partition coefficient (Wildman–Crippen LogP) is 2.12. The minimum Gasteiger partial charge on any atom is -0.382 e. The van der Waals surface area contributed by atoms with E-state index in [0.717, 1.165) is 0 Å². The number of aliphatic hydroxyl groups is 1. The van der Waals surface area contributed by atoms with Crippen LogP contribution < -0.4 is 5.32 Å². The molecule has 0 amide bonds. The molecule has 2 nitrogen and oxygen atoms in total. The summed E-state index contributed by atoms with van der Waals surface area (Å²) >= 11 is 0. The van der Waals surface area contributed by atoms with Crippen molar-refractivity contribution in [3.05, 3.63) is 35.1 Å². The van der Waals surface area contributed by atoms with Crippen LogP contribution in [0.25, 0.3) is 0 Å². The highest BCUT2D eigenvalue weighted by molar-refractivity contribution is 5.19. The first-order chi connectivity index (χ1) is 8.21. The molecule has 1 unspecified atom stereocenters. The Morgan fingerprint density at radius 1 is 1.06 bits per heavy atom. The first kappa shape index (κ1) is 14.8. The summed E-state index contributed by atoms with van der Waals surface area (Å²) in [5.74, 6) is -3.76. The van der Waals surface area contributed by atoms with Gasteiger partial charge in [-0.1, -0.05) is 0 Å².